The molecule has 0 bridgehead atoms. The molecule has 2 heterocycles. The zero-order valence-electron chi connectivity index (χ0n) is 22.2. The lowest BCUT2D eigenvalue weighted by Crippen LogP contribution is -2.39. The Bertz CT molecular complexity index is 1260. The average Bonchev–Trinajstić information content (AvgIpc) is 3.38. The van der Waals surface area contributed by atoms with Crippen LogP contribution in [0.3, 0.4) is 0 Å². The molecule has 0 unspecified atom stereocenters. The van der Waals surface area contributed by atoms with Crippen molar-refractivity contribution in [2.24, 2.45) is 11.8 Å². The first-order valence-corrected chi connectivity index (χ1v) is 13.7. The van der Waals surface area contributed by atoms with Crippen LogP contribution in [0.2, 0.25) is 0 Å². The summed E-state index contributed by atoms with van der Waals surface area (Å²) in [5.41, 5.74) is 1.47. The van der Waals surface area contributed by atoms with Gasteiger partial charge in [0.1, 0.15) is 11.5 Å². The van der Waals surface area contributed by atoms with Crippen molar-refractivity contribution in [2.45, 2.75) is 63.7 Å². The third kappa shape index (κ3) is 8.23. The van der Waals surface area contributed by atoms with Gasteiger partial charge in [0.15, 0.2) is 5.76 Å². The molecule has 1 saturated carbocycles. The highest BCUT2D eigenvalue weighted by molar-refractivity contribution is 5.58. The summed E-state index contributed by atoms with van der Waals surface area (Å²) in [5, 5.41) is 3.45. The third-order valence-corrected chi connectivity index (χ3v) is 7.69. The van der Waals surface area contributed by atoms with Gasteiger partial charge in [0.05, 0.1) is 6.20 Å². The number of hydrogen-bond donors (Lipinski definition) is 1. The second-order valence-corrected chi connectivity index (χ2v) is 10.6. The fourth-order valence-electron chi connectivity index (χ4n) is 5.91. The number of halogens is 6. The highest BCUT2D eigenvalue weighted by Crippen LogP contribution is 2.36. The van der Waals surface area contributed by atoms with Gasteiger partial charge in [-0.1, -0.05) is 12.8 Å². The first-order chi connectivity index (χ1) is 19.5. The smallest absolute Gasteiger partial charge is 0.424 e. The number of rotatable bonds is 8. The summed E-state index contributed by atoms with van der Waals surface area (Å²) in [6.07, 6.45) is -0.531. The van der Waals surface area contributed by atoms with E-state index in [0.717, 1.165) is 63.7 Å². The van der Waals surface area contributed by atoms with E-state index in [1.165, 1.54) is 36.4 Å². The number of alkyl halides is 6. The molecule has 3 aromatic rings. The average molecular weight is 584 g/mol. The van der Waals surface area contributed by atoms with Gasteiger partial charge in [-0.25, -0.2) is 4.98 Å². The van der Waals surface area contributed by atoms with Crippen LogP contribution in [0.1, 0.15) is 44.9 Å². The number of oxazole rings is 1. The van der Waals surface area contributed by atoms with Gasteiger partial charge in [-0.2, -0.15) is 0 Å². The fourth-order valence-corrected chi connectivity index (χ4v) is 5.91. The Labute approximate surface area is 233 Å². The minimum absolute atomic E-state index is 0.173. The predicted octanol–water partition coefficient (Wildman–Crippen LogP) is 8.42. The Morgan fingerprint density at radius 2 is 1.46 bits per heavy atom. The molecule has 1 saturated heterocycles. The summed E-state index contributed by atoms with van der Waals surface area (Å²) in [6, 6.07) is 12.0. The first-order valence-electron chi connectivity index (χ1n) is 13.7. The molecule has 1 aliphatic heterocycles. The molecule has 1 aromatic heterocycles. The van der Waals surface area contributed by atoms with E-state index in [1.54, 1.807) is 18.3 Å². The van der Waals surface area contributed by atoms with Crippen molar-refractivity contribution >= 4 is 11.7 Å². The third-order valence-electron chi connectivity index (χ3n) is 7.69. The molecule has 1 aliphatic carbocycles. The highest BCUT2D eigenvalue weighted by atomic mass is 19.4. The van der Waals surface area contributed by atoms with Gasteiger partial charge < -0.3 is 24.1 Å². The van der Waals surface area contributed by atoms with Gasteiger partial charge in [0, 0.05) is 30.4 Å². The lowest BCUT2D eigenvalue weighted by atomic mass is 9.77. The lowest BCUT2D eigenvalue weighted by molar-refractivity contribution is -0.275. The highest BCUT2D eigenvalue weighted by Gasteiger charge is 2.33. The Balaban J connectivity index is 1.18. The molecule has 222 valence electrons. The monoisotopic (exact) mass is 583 g/mol. The molecule has 0 amide bonds. The Hall–Kier alpha value is -3.57. The van der Waals surface area contributed by atoms with Crippen molar-refractivity contribution in [1.29, 1.82) is 0 Å². The molecule has 1 N–H and O–H groups in total. The Morgan fingerprint density at radius 1 is 0.829 bits per heavy atom. The van der Waals surface area contributed by atoms with E-state index in [2.05, 4.69) is 24.7 Å². The number of nitrogens with zero attached hydrogens (tertiary/aromatic N) is 2. The largest absolute Gasteiger partial charge is 0.573 e. The number of hydrogen-bond acceptors (Lipinski definition) is 6. The zero-order valence-corrected chi connectivity index (χ0v) is 22.2. The van der Waals surface area contributed by atoms with Gasteiger partial charge in [-0.3, -0.25) is 0 Å². The Kier molecular flexibility index (Phi) is 8.55. The number of benzene rings is 2. The minimum atomic E-state index is -4.75. The number of nitrogens with one attached hydrogen (secondary N) is 1. The van der Waals surface area contributed by atoms with E-state index in [1.807, 2.05) is 0 Å². The van der Waals surface area contributed by atoms with Crippen molar-refractivity contribution < 1.29 is 40.2 Å². The zero-order chi connectivity index (χ0) is 29.0. The molecule has 0 radical (unpaired) electrons. The molecule has 2 fully saturated rings. The van der Waals surface area contributed by atoms with Crippen LogP contribution in [0.4, 0.5) is 38.0 Å². The molecule has 5 rings (SSSR count). The van der Waals surface area contributed by atoms with Crippen molar-refractivity contribution in [1.82, 2.24) is 4.98 Å². The number of piperidine rings is 1. The maximum Gasteiger partial charge on any atom is 0.573 e. The normalized spacial score (nSPS) is 21.9. The van der Waals surface area contributed by atoms with Crippen LogP contribution >= 0.6 is 0 Å². The SMILES string of the molecule is FC(F)(F)Oc1ccc(-c2cnc(N[C@@H]3CCCC[C@H]3C[C@H]3CCCN(c4ccc(OC(F)(F)F)cc4)C3)o2)cc1. The van der Waals surface area contributed by atoms with Crippen LogP contribution in [0.15, 0.2) is 59.1 Å². The predicted molar refractivity (Wildman–Crippen MR) is 141 cm³/mol. The van der Waals surface area contributed by atoms with E-state index in [4.69, 9.17) is 4.42 Å². The van der Waals surface area contributed by atoms with E-state index >= 15 is 0 Å². The Morgan fingerprint density at radius 3 is 2.12 bits per heavy atom. The standard InChI is InChI=1S/C29H31F6N3O3/c30-28(31,32)40-23-11-7-20(8-12-23)26-17-36-27(39-26)37-25-6-2-1-5-21(25)16-19-4-3-15-38(18-19)22-9-13-24(14-10-22)41-29(33,34)35/h7-14,17,19,21,25H,1-6,15-16,18H2,(H,36,37)/t19-,21+,25-/m1/s1. The van der Waals surface area contributed by atoms with Crippen molar-refractivity contribution in [3.05, 3.63) is 54.7 Å². The van der Waals surface area contributed by atoms with Crippen molar-refractivity contribution in [2.75, 3.05) is 23.3 Å². The summed E-state index contributed by atoms with van der Waals surface area (Å²) in [6.45, 7) is 1.69. The molecule has 0 spiro atoms. The lowest BCUT2D eigenvalue weighted by Gasteiger charge is -2.39. The summed E-state index contributed by atoms with van der Waals surface area (Å²) in [4.78, 5) is 6.58. The van der Waals surface area contributed by atoms with Gasteiger partial charge in [-0.05, 0) is 92.5 Å². The van der Waals surface area contributed by atoms with Crippen LogP contribution in [-0.2, 0) is 0 Å². The molecule has 6 nitrogen and oxygen atoms in total. The van der Waals surface area contributed by atoms with Crippen molar-refractivity contribution in [3.63, 3.8) is 0 Å². The second-order valence-electron chi connectivity index (χ2n) is 10.6. The molecule has 2 aromatic carbocycles. The van der Waals surface area contributed by atoms with Crippen LogP contribution < -0.4 is 19.7 Å². The molecule has 12 heteroatoms. The van der Waals surface area contributed by atoms with Crippen LogP contribution in [0, 0.1) is 11.8 Å². The quantitative estimate of drug-likeness (QED) is 0.269. The van der Waals surface area contributed by atoms with E-state index in [-0.39, 0.29) is 17.5 Å². The summed E-state index contributed by atoms with van der Waals surface area (Å²) < 4.78 is 88.6. The van der Waals surface area contributed by atoms with Gasteiger partial charge >= 0.3 is 12.7 Å². The minimum Gasteiger partial charge on any atom is -0.424 e. The molecule has 3 atom stereocenters. The number of ether oxygens (including phenoxy) is 2. The number of aromatic nitrogens is 1. The van der Waals surface area contributed by atoms with Crippen molar-refractivity contribution in [3.8, 4) is 22.8 Å². The van der Waals surface area contributed by atoms with Gasteiger partial charge in [0.2, 0.25) is 0 Å². The second kappa shape index (κ2) is 12.1. The van der Waals surface area contributed by atoms with Crippen LogP contribution in [-0.4, -0.2) is 36.8 Å². The van der Waals surface area contributed by atoms with E-state index in [9.17, 15) is 26.3 Å². The van der Waals surface area contributed by atoms with Crippen LogP contribution in [0.25, 0.3) is 11.3 Å². The molecular formula is C29H31F6N3O3. The van der Waals surface area contributed by atoms with E-state index < -0.39 is 12.7 Å². The molecule has 41 heavy (non-hydrogen) atoms. The molecule has 2 aliphatic rings. The summed E-state index contributed by atoms with van der Waals surface area (Å²) in [7, 11) is 0. The maximum absolute atomic E-state index is 12.5. The van der Waals surface area contributed by atoms with Gasteiger partial charge in [-0.15, -0.1) is 26.3 Å². The van der Waals surface area contributed by atoms with E-state index in [0.29, 0.717) is 29.2 Å². The maximum atomic E-state index is 12.5. The molecular weight excluding hydrogens is 552 g/mol. The topological polar surface area (TPSA) is 59.8 Å². The van der Waals surface area contributed by atoms with Crippen LogP contribution in [0.5, 0.6) is 11.5 Å². The first kappa shape index (κ1) is 28.9. The van der Waals surface area contributed by atoms with Gasteiger partial charge in [0.25, 0.3) is 6.01 Å². The fraction of sp³-hybridized carbons (Fsp3) is 0.483. The summed E-state index contributed by atoms with van der Waals surface area (Å²) >= 11 is 0. The number of anilines is 2. The summed E-state index contributed by atoms with van der Waals surface area (Å²) in [5.74, 6) is 0.754.